The lowest BCUT2D eigenvalue weighted by molar-refractivity contribution is 0.0935. The van der Waals surface area contributed by atoms with E-state index in [1.54, 1.807) is 11.1 Å². The number of carbonyl (C=O) groups is 2. The van der Waals surface area contributed by atoms with Crippen LogP contribution >= 0.6 is 11.3 Å². The first-order valence-corrected chi connectivity index (χ1v) is 11.8. The Morgan fingerprint density at radius 2 is 2.00 bits per heavy atom. The van der Waals surface area contributed by atoms with E-state index in [2.05, 4.69) is 53.8 Å². The van der Waals surface area contributed by atoms with E-state index in [0.717, 1.165) is 47.5 Å². The van der Waals surface area contributed by atoms with Crippen molar-refractivity contribution < 1.29 is 9.59 Å². The van der Waals surface area contributed by atoms with E-state index in [1.807, 2.05) is 18.2 Å². The molecule has 1 atom stereocenters. The molecule has 2 aliphatic rings. The van der Waals surface area contributed by atoms with Crippen molar-refractivity contribution in [2.75, 3.05) is 23.3 Å². The number of carbonyl (C=O) groups excluding carboxylic acids is 2. The highest BCUT2D eigenvalue weighted by atomic mass is 32.1. The van der Waals surface area contributed by atoms with Gasteiger partial charge in [0.15, 0.2) is 0 Å². The first-order chi connectivity index (χ1) is 15.3. The van der Waals surface area contributed by atoms with Crippen LogP contribution in [0.2, 0.25) is 0 Å². The Labute approximate surface area is 191 Å². The van der Waals surface area contributed by atoms with Crippen molar-refractivity contribution in [3.8, 4) is 0 Å². The maximum absolute atomic E-state index is 13.2. The Morgan fingerprint density at radius 3 is 2.69 bits per heavy atom. The number of nitrogens with one attached hydrogen (secondary N) is 3. The minimum Gasteiger partial charge on any atom is -0.347 e. The van der Waals surface area contributed by atoms with Crippen LogP contribution in [0.3, 0.4) is 0 Å². The molecule has 8 heteroatoms. The summed E-state index contributed by atoms with van der Waals surface area (Å²) in [4.78, 5) is 33.6. The molecule has 1 fully saturated rings. The van der Waals surface area contributed by atoms with E-state index in [0.29, 0.717) is 10.6 Å². The van der Waals surface area contributed by atoms with Crippen LogP contribution in [0.5, 0.6) is 0 Å². The molecule has 2 aliphatic heterocycles. The van der Waals surface area contributed by atoms with Crippen molar-refractivity contribution in [3.63, 3.8) is 0 Å². The maximum atomic E-state index is 13.2. The molecule has 3 N–H and O–H groups in total. The minimum absolute atomic E-state index is 0.0310. The van der Waals surface area contributed by atoms with Crippen LogP contribution in [-0.2, 0) is 5.41 Å². The zero-order valence-electron chi connectivity index (χ0n) is 18.5. The Kier molecular flexibility index (Phi) is 5.14. The summed E-state index contributed by atoms with van der Waals surface area (Å²) in [6, 6.07) is 9.70. The summed E-state index contributed by atoms with van der Waals surface area (Å²) in [5.41, 5.74) is 3.31. The Balaban J connectivity index is 1.52. The van der Waals surface area contributed by atoms with E-state index >= 15 is 0 Å². The molecule has 0 radical (unpaired) electrons. The molecule has 32 heavy (non-hydrogen) atoms. The van der Waals surface area contributed by atoms with Gasteiger partial charge in [0.05, 0.1) is 22.4 Å². The number of nitrogens with zero attached hydrogens (tertiary/aromatic N) is 2. The molecule has 1 saturated heterocycles. The third-order valence-corrected chi connectivity index (χ3v) is 7.17. The van der Waals surface area contributed by atoms with Gasteiger partial charge in [0, 0.05) is 18.8 Å². The van der Waals surface area contributed by atoms with Gasteiger partial charge in [0.2, 0.25) is 0 Å². The number of amides is 3. The molecule has 166 valence electrons. The van der Waals surface area contributed by atoms with E-state index in [9.17, 15) is 9.59 Å². The van der Waals surface area contributed by atoms with E-state index in [-0.39, 0.29) is 23.4 Å². The standard InChI is InChI=1S/C24H27N5O2S/c1-24(2,3)14-6-8-16(9-7-14)29-17-10-12-26-22-18(17)19(28-23(29)31)20(32-22)21(30)27-15-5-4-11-25-13-15/h6-10,12,15,25H,4-5,11,13H2,1-3H3,(H,27,30)(H,28,31)/t15-/m1/s1. The average Bonchev–Trinajstić information content (AvgIpc) is 3.14. The quantitative estimate of drug-likeness (QED) is 0.538. The summed E-state index contributed by atoms with van der Waals surface area (Å²) >= 11 is 1.32. The molecule has 7 nitrogen and oxygen atoms in total. The maximum Gasteiger partial charge on any atom is 0.331 e. The number of piperidine rings is 1. The molecule has 2 aromatic heterocycles. The van der Waals surface area contributed by atoms with Crippen molar-refractivity contribution in [1.82, 2.24) is 15.6 Å². The highest BCUT2D eigenvalue weighted by Crippen LogP contribution is 2.45. The number of benzene rings is 1. The summed E-state index contributed by atoms with van der Waals surface area (Å²) in [5.74, 6) is -0.161. The highest BCUT2D eigenvalue weighted by molar-refractivity contribution is 7.21. The molecule has 5 rings (SSSR count). The number of rotatable bonds is 3. The third-order valence-electron chi connectivity index (χ3n) is 6.08. The van der Waals surface area contributed by atoms with E-state index < -0.39 is 0 Å². The normalized spacial score (nSPS) is 18.5. The molecule has 3 amide bonds. The molecule has 1 aromatic carbocycles. The first-order valence-electron chi connectivity index (χ1n) is 11.0. The van der Waals surface area contributed by atoms with Gasteiger partial charge in [-0.25, -0.2) is 9.78 Å². The minimum atomic E-state index is -0.278. The van der Waals surface area contributed by atoms with Crippen molar-refractivity contribution >= 4 is 50.6 Å². The van der Waals surface area contributed by atoms with Gasteiger partial charge in [-0.3, -0.25) is 9.69 Å². The fourth-order valence-electron chi connectivity index (χ4n) is 4.34. The van der Waals surface area contributed by atoms with E-state index in [1.165, 1.54) is 16.9 Å². The van der Waals surface area contributed by atoms with Gasteiger partial charge >= 0.3 is 6.03 Å². The van der Waals surface area contributed by atoms with Crippen LogP contribution < -0.4 is 20.9 Å². The lowest BCUT2D eigenvalue weighted by atomic mass is 9.87. The lowest BCUT2D eigenvalue weighted by Crippen LogP contribution is -2.45. The Morgan fingerprint density at radius 1 is 1.22 bits per heavy atom. The largest absolute Gasteiger partial charge is 0.347 e. The third kappa shape index (κ3) is 3.63. The number of hydrogen-bond donors (Lipinski definition) is 3. The molecular formula is C24H27N5O2S. The first kappa shape index (κ1) is 20.9. The molecule has 0 saturated carbocycles. The van der Waals surface area contributed by atoms with Crippen LogP contribution in [0.4, 0.5) is 21.9 Å². The Hall–Kier alpha value is -2.97. The number of pyridine rings is 1. The highest BCUT2D eigenvalue weighted by Gasteiger charge is 2.33. The fourth-order valence-corrected chi connectivity index (χ4v) is 5.36. The number of anilines is 3. The monoisotopic (exact) mass is 449 g/mol. The van der Waals surface area contributed by atoms with E-state index in [4.69, 9.17) is 0 Å². The molecule has 3 aromatic rings. The van der Waals surface area contributed by atoms with Gasteiger partial charge in [0.25, 0.3) is 5.91 Å². The van der Waals surface area contributed by atoms with Crippen molar-refractivity contribution in [1.29, 1.82) is 0 Å². The van der Waals surface area contributed by atoms with Gasteiger partial charge in [0.1, 0.15) is 9.71 Å². The van der Waals surface area contributed by atoms with Crippen LogP contribution in [0.1, 0.15) is 48.8 Å². The summed E-state index contributed by atoms with van der Waals surface area (Å²) < 4.78 is 0. The lowest BCUT2D eigenvalue weighted by Gasteiger charge is -2.29. The number of thiophene rings is 1. The molecular weight excluding hydrogens is 422 g/mol. The molecule has 0 aliphatic carbocycles. The number of hydrogen-bond acceptors (Lipinski definition) is 5. The zero-order valence-corrected chi connectivity index (χ0v) is 19.3. The summed E-state index contributed by atoms with van der Waals surface area (Å²) in [7, 11) is 0. The zero-order chi connectivity index (χ0) is 22.5. The second-order valence-electron chi connectivity index (χ2n) is 9.40. The van der Waals surface area contributed by atoms with Gasteiger partial charge in [-0.05, 0) is 48.6 Å². The second-order valence-corrected chi connectivity index (χ2v) is 10.4. The van der Waals surface area contributed by atoms with Gasteiger partial charge < -0.3 is 16.0 Å². The van der Waals surface area contributed by atoms with Crippen LogP contribution in [0, 0.1) is 0 Å². The number of aromatic nitrogens is 1. The predicted octanol–water partition coefficient (Wildman–Crippen LogP) is 4.76. The summed E-state index contributed by atoms with van der Waals surface area (Å²) in [6.07, 6.45) is 3.68. The Bertz CT molecular complexity index is 1190. The predicted molar refractivity (Wildman–Crippen MR) is 129 cm³/mol. The van der Waals surface area contributed by atoms with Crippen molar-refractivity contribution in [3.05, 3.63) is 47.0 Å². The SMILES string of the molecule is CC(C)(C)c1ccc(N2C(=O)Nc3c(C(=O)N[C@@H]4CCCNC4)sc4nccc2c34)cc1. The molecule has 0 unspecified atom stereocenters. The van der Waals surface area contributed by atoms with Crippen LogP contribution in [-0.4, -0.2) is 36.1 Å². The van der Waals surface area contributed by atoms with Crippen LogP contribution in [0.25, 0.3) is 10.2 Å². The summed E-state index contributed by atoms with van der Waals surface area (Å²) in [5, 5.41) is 10.2. The van der Waals surface area contributed by atoms with Gasteiger partial charge in [-0.15, -0.1) is 11.3 Å². The fraction of sp³-hybridized carbons (Fsp3) is 0.375. The van der Waals surface area contributed by atoms with Crippen molar-refractivity contribution in [2.24, 2.45) is 0 Å². The van der Waals surface area contributed by atoms with Gasteiger partial charge in [-0.1, -0.05) is 32.9 Å². The smallest absolute Gasteiger partial charge is 0.331 e. The van der Waals surface area contributed by atoms with Crippen LogP contribution in [0.15, 0.2) is 36.5 Å². The average molecular weight is 450 g/mol. The molecule has 0 bridgehead atoms. The topological polar surface area (TPSA) is 86.4 Å². The van der Waals surface area contributed by atoms with Gasteiger partial charge in [-0.2, -0.15) is 0 Å². The summed E-state index contributed by atoms with van der Waals surface area (Å²) in [6.45, 7) is 8.23. The molecule has 0 spiro atoms. The molecule has 4 heterocycles. The second kappa shape index (κ2) is 7.86. The van der Waals surface area contributed by atoms with Crippen molar-refractivity contribution in [2.45, 2.75) is 45.1 Å². The number of urea groups is 1.